The van der Waals surface area contributed by atoms with Crippen molar-refractivity contribution < 1.29 is 90.6 Å². The molecule has 0 heterocycles. The van der Waals surface area contributed by atoms with Gasteiger partial charge in [-0.15, -0.1) is 0 Å². The van der Waals surface area contributed by atoms with E-state index in [1.807, 2.05) is 4.74 Å². The summed E-state index contributed by atoms with van der Waals surface area (Å²) in [5.74, 6) is 0.537. The van der Waals surface area contributed by atoms with Crippen molar-refractivity contribution in [2.24, 2.45) is 0 Å². The molecule has 21 heteroatoms. The molecule has 0 amide bonds. The Morgan fingerprint density at radius 1 is 0.429 bits per heavy atom. The third-order valence-corrected chi connectivity index (χ3v) is 4.72. The van der Waals surface area contributed by atoms with Gasteiger partial charge in [-0.25, -0.2) is 14.2 Å². The van der Waals surface area contributed by atoms with Gasteiger partial charge >= 0.3 is 36.7 Å². The van der Waals surface area contributed by atoms with Crippen molar-refractivity contribution in [2.45, 2.75) is 62.3 Å². The van der Waals surface area contributed by atoms with Crippen molar-refractivity contribution in [1.29, 1.82) is 0 Å². The van der Waals surface area contributed by atoms with Gasteiger partial charge in [0.1, 0.15) is 13.2 Å². The maximum Gasteiger partial charge on any atom is 0.453 e. The summed E-state index contributed by atoms with van der Waals surface area (Å²) in [4.78, 5) is 0. The molecule has 0 N–H and O–H groups in total. The molecule has 0 bridgehead atoms. The van der Waals surface area contributed by atoms with Crippen LogP contribution in [0.25, 0.3) is 0 Å². The fourth-order valence-corrected chi connectivity index (χ4v) is 2.69. The second-order valence-electron chi connectivity index (χ2n) is 8.11. The number of ether oxygens (including phenoxy) is 8. The molecule has 0 aromatic rings. The number of unbranched alkanes of at least 4 members (excludes halogenated alkanes) is 3. The SMILES string of the molecule is COCCOCCOCCOCC(F)(F)OC(F)(F)C(F)(F)OC(F)(F)C(F)(F)OC(F)(F)COCCCCCCS. The first-order valence-electron chi connectivity index (χ1n) is 12.0. The van der Waals surface area contributed by atoms with E-state index in [-0.39, 0.29) is 32.8 Å². The van der Waals surface area contributed by atoms with E-state index in [4.69, 9.17) is 9.47 Å². The van der Waals surface area contributed by atoms with Gasteiger partial charge in [-0.1, -0.05) is 12.8 Å². The van der Waals surface area contributed by atoms with Crippen molar-refractivity contribution >= 4 is 12.6 Å². The van der Waals surface area contributed by atoms with Crippen molar-refractivity contribution in [3.05, 3.63) is 0 Å². The maximum atomic E-state index is 13.6. The van der Waals surface area contributed by atoms with Gasteiger partial charge in [0, 0.05) is 13.7 Å². The monoisotopic (exact) mass is 672 g/mol. The van der Waals surface area contributed by atoms with Crippen LogP contribution in [0, 0.1) is 0 Å². The van der Waals surface area contributed by atoms with Crippen LogP contribution in [-0.4, -0.2) is 109 Å². The molecule has 254 valence electrons. The van der Waals surface area contributed by atoms with E-state index in [2.05, 4.69) is 36.3 Å². The molecule has 42 heavy (non-hydrogen) atoms. The Balaban J connectivity index is 4.85. The van der Waals surface area contributed by atoms with E-state index in [1.54, 1.807) is 0 Å². The summed E-state index contributed by atoms with van der Waals surface area (Å²) in [7, 11) is 1.42. The highest BCUT2D eigenvalue weighted by molar-refractivity contribution is 7.80. The summed E-state index contributed by atoms with van der Waals surface area (Å²) in [6.45, 7) is -5.29. The lowest BCUT2D eigenvalue weighted by Crippen LogP contribution is -2.58. The normalized spacial score (nSPS) is 14.1. The van der Waals surface area contributed by atoms with Crippen LogP contribution in [0.1, 0.15) is 25.7 Å². The van der Waals surface area contributed by atoms with E-state index >= 15 is 0 Å². The molecule has 8 nitrogen and oxygen atoms in total. The zero-order valence-corrected chi connectivity index (χ0v) is 23.0. The molecule has 0 rings (SSSR count). The summed E-state index contributed by atoms with van der Waals surface area (Å²) in [5, 5.41) is 0. The Labute approximate surface area is 238 Å². The molecule has 0 aliphatic heterocycles. The number of methoxy groups -OCH3 is 1. The Morgan fingerprint density at radius 2 is 0.786 bits per heavy atom. The highest BCUT2D eigenvalue weighted by atomic mass is 32.1. The Morgan fingerprint density at radius 3 is 1.21 bits per heavy atom. The quantitative estimate of drug-likeness (QED) is 0.0668. The van der Waals surface area contributed by atoms with Crippen LogP contribution in [-0.2, 0) is 37.9 Å². The minimum atomic E-state index is -6.93. The zero-order chi connectivity index (χ0) is 32.6. The standard InChI is InChI=1S/C21H32F12O8S/c1-34-7-8-35-9-10-36-11-12-38-15-17(24,25)40-19(28,29)21(32,33)41-20(30,31)18(26,27)39-16(22,23)14-37-6-4-2-3-5-13-42/h42H,2-15H2,1H3. The van der Waals surface area contributed by atoms with Gasteiger partial charge in [-0.2, -0.15) is 65.3 Å². The van der Waals surface area contributed by atoms with Crippen LogP contribution < -0.4 is 0 Å². The van der Waals surface area contributed by atoms with Crippen molar-refractivity contribution in [3.63, 3.8) is 0 Å². The molecule has 0 unspecified atom stereocenters. The number of rotatable bonds is 27. The lowest BCUT2D eigenvalue weighted by Gasteiger charge is -2.34. The fraction of sp³-hybridized carbons (Fsp3) is 1.00. The summed E-state index contributed by atoms with van der Waals surface area (Å²) >= 11 is 3.92. The number of thiol groups is 1. The topological polar surface area (TPSA) is 73.8 Å². The van der Waals surface area contributed by atoms with Crippen LogP contribution in [0.2, 0.25) is 0 Å². The minimum Gasteiger partial charge on any atom is -0.382 e. The average Bonchev–Trinajstić information content (AvgIpc) is 2.82. The van der Waals surface area contributed by atoms with E-state index < -0.39 is 69.7 Å². The summed E-state index contributed by atoms with van der Waals surface area (Å²) in [6, 6.07) is 0. The smallest absolute Gasteiger partial charge is 0.382 e. The largest absolute Gasteiger partial charge is 0.453 e. The third kappa shape index (κ3) is 16.9. The van der Waals surface area contributed by atoms with Crippen molar-refractivity contribution in [2.75, 3.05) is 72.3 Å². The van der Waals surface area contributed by atoms with Crippen LogP contribution >= 0.6 is 12.6 Å². The fourth-order valence-electron chi connectivity index (χ4n) is 2.47. The maximum absolute atomic E-state index is 13.6. The second-order valence-corrected chi connectivity index (χ2v) is 8.56. The molecule has 0 saturated carbocycles. The second kappa shape index (κ2) is 18.9. The van der Waals surface area contributed by atoms with E-state index in [1.165, 1.54) is 7.11 Å². The molecule has 0 atom stereocenters. The third-order valence-electron chi connectivity index (χ3n) is 4.40. The number of halogens is 12. The predicted octanol–water partition coefficient (Wildman–Crippen LogP) is 5.80. The van der Waals surface area contributed by atoms with Crippen molar-refractivity contribution in [1.82, 2.24) is 0 Å². The first kappa shape index (κ1) is 41.2. The van der Waals surface area contributed by atoms with Crippen LogP contribution in [0.3, 0.4) is 0 Å². The molecular formula is C21H32F12O8S. The average molecular weight is 673 g/mol. The highest BCUT2D eigenvalue weighted by Gasteiger charge is 2.74. The summed E-state index contributed by atoms with van der Waals surface area (Å²) in [5.41, 5.74) is 0. The summed E-state index contributed by atoms with van der Waals surface area (Å²) < 4.78 is 193. The van der Waals surface area contributed by atoms with Gasteiger partial charge in [-0.05, 0) is 18.6 Å². The molecule has 0 fully saturated rings. The molecule has 0 radical (unpaired) electrons. The number of hydrogen-bond donors (Lipinski definition) is 1. The number of hydrogen-bond acceptors (Lipinski definition) is 9. The Bertz CT molecular complexity index is 723. The minimum absolute atomic E-state index is 0.0555. The number of alkyl halides is 12. The van der Waals surface area contributed by atoms with Gasteiger partial charge < -0.3 is 23.7 Å². The van der Waals surface area contributed by atoms with Crippen molar-refractivity contribution in [3.8, 4) is 0 Å². The summed E-state index contributed by atoms with van der Waals surface area (Å²) in [6.07, 6.45) is -35.9. The molecule has 0 aliphatic rings. The van der Waals surface area contributed by atoms with Crippen LogP contribution in [0.15, 0.2) is 0 Å². The van der Waals surface area contributed by atoms with Crippen LogP contribution in [0.5, 0.6) is 0 Å². The molecule has 0 aromatic heterocycles. The first-order chi connectivity index (χ1) is 19.2. The van der Waals surface area contributed by atoms with Gasteiger partial charge in [0.15, 0.2) is 0 Å². The van der Waals surface area contributed by atoms with E-state index in [0.717, 1.165) is 0 Å². The Kier molecular flexibility index (Phi) is 18.5. The molecule has 0 aromatic carbocycles. The van der Waals surface area contributed by atoms with Gasteiger partial charge in [0.2, 0.25) is 0 Å². The van der Waals surface area contributed by atoms with Gasteiger partial charge in [0.05, 0.1) is 39.6 Å². The molecular weight excluding hydrogens is 640 g/mol. The van der Waals surface area contributed by atoms with Gasteiger partial charge in [-0.3, -0.25) is 0 Å². The van der Waals surface area contributed by atoms with E-state index in [0.29, 0.717) is 25.0 Å². The first-order valence-corrected chi connectivity index (χ1v) is 12.7. The Hall–Kier alpha value is -0.810. The van der Waals surface area contributed by atoms with Crippen LogP contribution in [0.4, 0.5) is 52.7 Å². The lowest BCUT2D eigenvalue weighted by atomic mass is 10.2. The lowest BCUT2D eigenvalue weighted by molar-refractivity contribution is -0.558. The predicted molar refractivity (Wildman–Crippen MR) is 120 cm³/mol. The highest BCUT2D eigenvalue weighted by Crippen LogP contribution is 2.48. The van der Waals surface area contributed by atoms with Gasteiger partial charge in [0.25, 0.3) is 0 Å². The molecule has 0 saturated heterocycles. The zero-order valence-electron chi connectivity index (χ0n) is 22.1. The molecule has 0 aliphatic carbocycles. The molecule has 0 spiro atoms. The van der Waals surface area contributed by atoms with E-state index in [9.17, 15) is 52.7 Å².